The summed E-state index contributed by atoms with van der Waals surface area (Å²) in [6.07, 6.45) is 11.3. The van der Waals surface area contributed by atoms with Crippen molar-refractivity contribution < 1.29 is 14.5 Å². The summed E-state index contributed by atoms with van der Waals surface area (Å²) < 4.78 is 5.17. The van der Waals surface area contributed by atoms with Gasteiger partial charge >= 0.3 is 5.97 Å². The van der Waals surface area contributed by atoms with Crippen LogP contribution < -0.4 is 0 Å². The summed E-state index contributed by atoms with van der Waals surface area (Å²) in [5, 5.41) is 10.1. The van der Waals surface area contributed by atoms with Crippen LogP contribution in [0, 0.1) is 10.1 Å². The Morgan fingerprint density at radius 2 is 2.14 bits per heavy atom. The fourth-order valence-corrected chi connectivity index (χ4v) is 1.94. The monoisotopic (exact) mass is 292 g/mol. The number of esters is 1. The van der Waals surface area contributed by atoms with Gasteiger partial charge in [0.2, 0.25) is 6.20 Å². The minimum absolute atomic E-state index is 0.173. The molecule has 114 valence electrons. The molecule has 0 aliphatic carbocycles. The van der Waals surface area contributed by atoms with Gasteiger partial charge in [-0.05, 0) is 32.0 Å². The Hall–Kier alpha value is -2.37. The number of carbonyl (C=O) groups is 1. The topological polar surface area (TPSA) is 72.7 Å². The Bertz CT molecular complexity index is 480. The van der Waals surface area contributed by atoms with Gasteiger partial charge in [0.05, 0.1) is 11.0 Å². The number of likely N-dealkylation sites (tertiary alicyclic amines) is 1. The third kappa shape index (κ3) is 6.56. The quantitative estimate of drug-likeness (QED) is 0.237. The number of hydrogen-bond acceptors (Lipinski definition) is 5. The van der Waals surface area contributed by atoms with E-state index in [2.05, 4.69) is 11.5 Å². The average molecular weight is 292 g/mol. The SMILES string of the molecule is C=C(C)C(=O)OCC1CCCN1/C=C/C=C/C=C/[N+](=O)[O-]. The molecule has 21 heavy (non-hydrogen) atoms. The Morgan fingerprint density at radius 3 is 2.81 bits per heavy atom. The minimum atomic E-state index is -0.513. The van der Waals surface area contributed by atoms with E-state index in [0.717, 1.165) is 25.6 Å². The van der Waals surface area contributed by atoms with Crippen LogP contribution in [0.15, 0.2) is 48.9 Å². The van der Waals surface area contributed by atoms with Crippen LogP contribution in [0.1, 0.15) is 19.8 Å². The van der Waals surface area contributed by atoms with Gasteiger partial charge < -0.3 is 9.64 Å². The second kappa shape index (κ2) is 8.73. The molecule has 0 amide bonds. The molecular weight excluding hydrogens is 272 g/mol. The van der Waals surface area contributed by atoms with Crippen LogP contribution in [0.3, 0.4) is 0 Å². The van der Waals surface area contributed by atoms with Crippen LogP contribution in [0.2, 0.25) is 0 Å². The zero-order valence-electron chi connectivity index (χ0n) is 12.1. The van der Waals surface area contributed by atoms with Gasteiger partial charge in [-0.2, -0.15) is 0 Å². The van der Waals surface area contributed by atoms with Gasteiger partial charge in [0.15, 0.2) is 0 Å². The van der Waals surface area contributed by atoms with Gasteiger partial charge in [0.1, 0.15) is 6.61 Å². The van der Waals surface area contributed by atoms with E-state index in [-0.39, 0.29) is 12.0 Å². The van der Waals surface area contributed by atoms with E-state index in [1.807, 2.05) is 12.3 Å². The summed E-state index contributed by atoms with van der Waals surface area (Å²) in [5.74, 6) is -0.365. The molecule has 1 rings (SSSR count). The second-order valence-corrected chi connectivity index (χ2v) is 4.77. The molecule has 0 saturated carbocycles. The molecule has 0 spiro atoms. The maximum Gasteiger partial charge on any atom is 0.333 e. The summed E-state index contributed by atoms with van der Waals surface area (Å²) in [4.78, 5) is 23.0. The van der Waals surface area contributed by atoms with Crippen molar-refractivity contribution in [2.45, 2.75) is 25.8 Å². The average Bonchev–Trinajstić information content (AvgIpc) is 2.87. The van der Waals surface area contributed by atoms with Gasteiger partial charge in [0, 0.05) is 18.2 Å². The van der Waals surface area contributed by atoms with Crippen LogP contribution in [-0.4, -0.2) is 35.0 Å². The second-order valence-electron chi connectivity index (χ2n) is 4.77. The number of nitro groups is 1. The summed E-state index contributed by atoms with van der Waals surface area (Å²) in [7, 11) is 0. The first-order valence-corrected chi connectivity index (χ1v) is 6.74. The number of hydrogen-bond donors (Lipinski definition) is 0. The molecule has 0 bridgehead atoms. The lowest BCUT2D eigenvalue weighted by Gasteiger charge is -2.22. The smallest absolute Gasteiger partial charge is 0.333 e. The molecule has 1 aliphatic heterocycles. The van der Waals surface area contributed by atoms with Crippen molar-refractivity contribution in [1.82, 2.24) is 4.90 Å². The van der Waals surface area contributed by atoms with Gasteiger partial charge in [0.25, 0.3) is 0 Å². The number of ether oxygens (including phenoxy) is 1. The third-order valence-electron chi connectivity index (χ3n) is 3.00. The Balaban J connectivity index is 2.41. The maximum absolute atomic E-state index is 11.4. The summed E-state index contributed by atoms with van der Waals surface area (Å²) >= 11 is 0. The summed E-state index contributed by atoms with van der Waals surface area (Å²) in [5.41, 5.74) is 0.399. The Kier molecular flexibility index (Phi) is 6.94. The number of allylic oxidation sites excluding steroid dienone is 4. The zero-order valence-corrected chi connectivity index (χ0v) is 12.1. The normalized spacial score (nSPS) is 18.9. The van der Waals surface area contributed by atoms with Crippen LogP contribution in [0.4, 0.5) is 0 Å². The lowest BCUT2D eigenvalue weighted by molar-refractivity contribution is -0.402. The fourth-order valence-electron chi connectivity index (χ4n) is 1.94. The largest absolute Gasteiger partial charge is 0.460 e. The molecule has 6 nitrogen and oxygen atoms in total. The van der Waals surface area contributed by atoms with Crippen LogP contribution in [0.25, 0.3) is 0 Å². The van der Waals surface area contributed by atoms with E-state index in [4.69, 9.17) is 4.74 Å². The molecule has 0 aromatic carbocycles. The van der Waals surface area contributed by atoms with Crippen molar-refractivity contribution in [2.24, 2.45) is 0 Å². The highest BCUT2D eigenvalue weighted by Gasteiger charge is 2.22. The lowest BCUT2D eigenvalue weighted by atomic mass is 10.2. The van der Waals surface area contributed by atoms with Crippen LogP contribution >= 0.6 is 0 Å². The van der Waals surface area contributed by atoms with Crippen molar-refractivity contribution in [1.29, 1.82) is 0 Å². The highest BCUT2D eigenvalue weighted by Crippen LogP contribution is 2.18. The predicted octanol–water partition coefficient (Wildman–Crippen LogP) is 2.43. The molecule has 0 aromatic rings. The lowest BCUT2D eigenvalue weighted by Crippen LogP contribution is -2.29. The van der Waals surface area contributed by atoms with Gasteiger partial charge in [-0.25, -0.2) is 4.79 Å². The molecule has 1 fully saturated rings. The molecule has 1 saturated heterocycles. The molecule has 0 aromatic heterocycles. The predicted molar refractivity (Wildman–Crippen MR) is 79.9 cm³/mol. The fraction of sp³-hybridized carbons (Fsp3) is 0.400. The highest BCUT2D eigenvalue weighted by molar-refractivity contribution is 5.86. The zero-order chi connectivity index (χ0) is 15.7. The van der Waals surface area contributed by atoms with Crippen molar-refractivity contribution in [3.8, 4) is 0 Å². The van der Waals surface area contributed by atoms with Crippen molar-refractivity contribution in [3.05, 3.63) is 59.0 Å². The molecule has 1 heterocycles. The minimum Gasteiger partial charge on any atom is -0.460 e. The van der Waals surface area contributed by atoms with Crippen LogP contribution in [-0.2, 0) is 9.53 Å². The van der Waals surface area contributed by atoms with Crippen LogP contribution in [0.5, 0.6) is 0 Å². The summed E-state index contributed by atoms with van der Waals surface area (Å²) in [6, 6.07) is 0.173. The molecular formula is C15H20N2O4. The van der Waals surface area contributed by atoms with Gasteiger partial charge in [-0.1, -0.05) is 18.7 Å². The van der Waals surface area contributed by atoms with E-state index < -0.39 is 4.92 Å². The molecule has 6 heteroatoms. The third-order valence-corrected chi connectivity index (χ3v) is 3.00. The van der Waals surface area contributed by atoms with E-state index in [1.165, 1.54) is 6.08 Å². The van der Waals surface area contributed by atoms with Crippen molar-refractivity contribution in [2.75, 3.05) is 13.2 Å². The molecule has 1 aliphatic rings. The van der Waals surface area contributed by atoms with E-state index in [9.17, 15) is 14.9 Å². The molecule has 1 atom stereocenters. The standard InChI is InChI=1S/C15H20N2O4/c1-13(2)15(18)21-12-14-8-7-10-16(14)9-5-3-4-6-11-17(19)20/h3-6,9,11,14H,1,7-8,10,12H2,2H3/b4-3+,9-5+,11-6+. The molecule has 1 unspecified atom stereocenters. The van der Waals surface area contributed by atoms with Gasteiger partial charge in [-0.3, -0.25) is 10.1 Å². The first-order chi connectivity index (χ1) is 10.0. The number of rotatable bonds is 7. The number of carbonyl (C=O) groups excluding carboxylic acids is 1. The van der Waals surface area contributed by atoms with E-state index >= 15 is 0 Å². The summed E-state index contributed by atoms with van der Waals surface area (Å²) in [6.45, 7) is 6.42. The van der Waals surface area contributed by atoms with E-state index in [0.29, 0.717) is 12.2 Å². The van der Waals surface area contributed by atoms with Crippen molar-refractivity contribution in [3.63, 3.8) is 0 Å². The van der Waals surface area contributed by atoms with Gasteiger partial charge in [-0.15, -0.1) is 0 Å². The molecule has 0 radical (unpaired) electrons. The number of nitrogens with zero attached hydrogens (tertiary/aromatic N) is 2. The maximum atomic E-state index is 11.4. The molecule has 0 N–H and O–H groups in total. The first kappa shape index (κ1) is 16.7. The Labute approximate surface area is 124 Å². The Morgan fingerprint density at radius 1 is 1.43 bits per heavy atom. The first-order valence-electron chi connectivity index (χ1n) is 6.74. The van der Waals surface area contributed by atoms with Crippen molar-refractivity contribution >= 4 is 5.97 Å². The van der Waals surface area contributed by atoms with E-state index in [1.54, 1.807) is 19.1 Å². The highest BCUT2D eigenvalue weighted by atomic mass is 16.6.